The maximum atomic E-state index is 12.3. The van der Waals surface area contributed by atoms with E-state index in [0.29, 0.717) is 18.4 Å². The monoisotopic (exact) mass is 411 g/mol. The van der Waals surface area contributed by atoms with Gasteiger partial charge in [0.05, 0.1) is 6.61 Å². The lowest BCUT2D eigenvalue weighted by molar-refractivity contribution is -0.129. The molecule has 0 amide bonds. The van der Waals surface area contributed by atoms with Crippen molar-refractivity contribution in [3.05, 3.63) is 107 Å². The summed E-state index contributed by atoms with van der Waals surface area (Å²) in [6.07, 6.45) is 2.56. The van der Waals surface area contributed by atoms with Gasteiger partial charge in [0.15, 0.2) is 5.70 Å². The van der Waals surface area contributed by atoms with Crippen LogP contribution in [0.2, 0.25) is 0 Å². The first-order valence-corrected chi connectivity index (χ1v) is 10.5. The first kappa shape index (κ1) is 20.6. The average Bonchev–Trinajstić information content (AvgIpc) is 3.15. The number of cyclic esters (lactones) is 1. The number of esters is 1. The molecule has 0 saturated carbocycles. The fourth-order valence-corrected chi connectivity index (χ4v) is 3.33. The van der Waals surface area contributed by atoms with Crippen molar-refractivity contribution in [2.24, 2.45) is 4.99 Å². The minimum atomic E-state index is -0.446. The van der Waals surface area contributed by atoms with Crippen molar-refractivity contribution >= 4 is 17.9 Å². The van der Waals surface area contributed by atoms with Crippen LogP contribution in [0.3, 0.4) is 0 Å². The maximum Gasteiger partial charge on any atom is 0.363 e. The van der Waals surface area contributed by atoms with E-state index in [9.17, 15) is 4.79 Å². The van der Waals surface area contributed by atoms with Crippen LogP contribution in [0.5, 0.6) is 5.75 Å². The van der Waals surface area contributed by atoms with Gasteiger partial charge in [-0.2, -0.15) is 0 Å². The predicted molar refractivity (Wildman–Crippen MR) is 123 cm³/mol. The van der Waals surface area contributed by atoms with E-state index < -0.39 is 5.97 Å². The summed E-state index contributed by atoms with van der Waals surface area (Å²) in [5, 5.41) is 0. The maximum absolute atomic E-state index is 12.3. The number of hydrogen-bond donors (Lipinski definition) is 0. The third-order valence-corrected chi connectivity index (χ3v) is 5.11. The molecular formula is C27H25NO3. The summed E-state index contributed by atoms with van der Waals surface area (Å²) < 4.78 is 11.3. The lowest BCUT2D eigenvalue weighted by Crippen LogP contribution is -2.05. The second-order valence-electron chi connectivity index (χ2n) is 7.77. The molecule has 1 heterocycles. The molecule has 3 aromatic carbocycles. The van der Waals surface area contributed by atoms with E-state index in [0.717, 1.165) is 23.3 Å². The predicted octanol–water partition coefficient (Wildman–Crippen LogP) is 5.78. The molecule has 4 heteroatoms. The zero-order chi connectivity index (χ0) is 21.6. The van der Waals surface area contributed by atoms with Crippen LogP contribution < -0.4 is 4.74 Å². The molecule has 0 bridgehead atoms. The summed E-state index contributed by atoms with van der Waals surface area (Å²) in [5.74, 6) is 1.09. The van der Waals surface area contributed by atoms with E-state index in [1.165, 1.54) is 11.1 Å². The smallest absolute Gasteiger partial charge is 0.363 e. The highest BCUT2D eigenvalue weighted by atomic mass is 16.6. The number of hydrogen-bond acceptors (Lipinski definition) is 4. The molecule has 0 unspecified atom stereocenters. The molecule has 4 nitrogen and oxygen atoms in total. The largest absolute Gasteiger partial charge is 0.493 e. The highest BCUT2D eigenvalue weighted by Crippen LogP contribution is 2.23. The quantitative estimate of drug-likeness (QED) is 0.366. The molecule has 0 N–H and O–H groups in total. The van der Waals surface area contributed by atoms with Crippen LogP contribution in [-0.4, -0.2) is 18.5 Å². The molecule has 0 radical (unpaired) electrons. The molecule has 156 valence electrons. The number of rotatable bonds is 7. The van der Waals surface area contributed by atoms with Crippen LogP contribution >= 0.6 is 0 Å². The van der Waals surface area contributed by atoms with Crippen molar-refractivity contribution in [1.82, 2.24) is 0 Å². The van der Waals surface area contributed by atoms with Crippen LogP contribution in [-0.2, 0) is 16.0 Å². The molecule has 31 heavy (non-hydrogen) atoms. The number of carbonyl (C=O) groups is 1. The molecule has 4 rings (SSSR count). The Bertz CT molecular complexity index is 1110. The number of carbonyl (C=O) groups excluding carboxylic acids is 1. The zero-order valence-electron chi connectivity index (χ0n) is 17.7. The van der Waals surface area contributed by atoms with Crippen LogP contribution in [0, 0.1) is 0 Å². The van der Waals surface area contributed by atoms with Crippen LogP contribution in [0.25, 0.3) is 6.08 Å². The molecule has 0 fully saturated rings. The Labute approximate surface area is 182 Å². The second-order valence-corrected chi connectivity index (χ2v) is 7.77. The standard InChI is InChI=1S/C27H25NO3/c1-19(2)22-11-13-23(14-12-22)26-28-25(27(29)31-26)18-21-9-6-10-24(17-21)30-16-15-20-7-4-3-5-8-20/h3-14,17-19H,15-16H2,1-2H3/b25-18-. The van der Waals surface area contributed by atoms with Crippen molar-refractivity contribution in [3.63, 3.8) is 0 Å². The van der Waals surface area contributed by atoms with Crippen molar-refractivity contribution in [1.29, 1.82) is 0 Å². The average molecular weight is 412 g/mol. The minimum absolute atomic E-state index is 0.282. The third kappa shape index (κ3) is 5.28. The van der Waals surface area contributed by atoms with E-state index in [2.05, 4.69) is 31.0 Å². The molecule has 0 aromatic heterocycles. The van der Waals surface area contributed by atoms with Crippen LogP contribution in [0.4, 0.5) is 0 Å². The van der Waals surface area contributed by atoms with E-state index in [4.69, 9.17) is 9.47 Å². The molecular weight excluding hydrogens is 386 g/mol. The van der Waals surface area contributed by atoms with Gasteiger partial charge in [-0.15, -0.1) is 0 Å². The van der Waals surface area contributed by atoms with E-state index in [1.807, 2.05) is 66.7 Å². The Kier molecular flexibility index (Phi) is 6.27. The lowest BCUT2D eigenvalue weighted by Gasteiger charge is -2.07. The molecule has 0 atom stereocenters. The second kappa shape index (κ2) is 9.43. The summed E-state index contributed by atoms with van der Waals surface area (Å²) in [5.41, 5.74) is 4.37. The SMILES string of the molecule is CC(C)c1ccc(C2=N/C(=C\c3cccc(OCCc4ccccc4)c3)C(=O)O2)cc1. The van der Waals surface area contributed by atoms with Gasteiger partial charge < -0.3 is 9.47 Å². The number of nitrogens with zero attached hydrogens (tertiary/aromatic N) is 1. The Morgan fingerprint density at radius 1 is 0.968 bits per heavy atom. The Hall–Kier alpha value is -3.66. The fraction of sp³-hybridized carbons (Fsp3) is 0.185. The molecule has 0 aliphatic carbocycles. The molecule has 3 aromatic rings. The van der Waals surface area contributed by atoms with Crippen molar-refractivity contribution < 1.29 is 14.3 Å². The fourth-order valence-electron chi connectivity index (χ4n) is 3.33. The van der Waals surface area contributed by atoms with Gasteiger partial charge in [0.2, 0.25) is 5.90 Å². The van der Waals surface area contributed by atoms with Gasteiger partial charge >= 0.3 is 5.97 Å². The van der Waals surface area contributed by atoms with Gasteiger partial charge in [-0.1, -0.05) is 68.4 Å². The van der Waals surface area contributed by atoms with E-state index in [-0.39, 0.29) is 5.70 Å². The molecule has 0 saturated heterocycles. The number of benzene rings is 3. The van der Waals surface area contributed by atoms with Crippen LogP contribution in [0.15, 0.2) is 89.6 Å². The van der Waals surface area contributed by atoms with Gasteiger partial charge in [0, 0.05) is 12.0 Å². The third-order valence-electron chi connectivity index (χ3n) is 5.11. The Morgan fingerprint density at radius 3 is 2.48 bits per heavy atom. The van der Waals surface area contributed by atoms with Gasteiger partial charge in [0.25, 0.3) is 0 Å². The van der Waals surface area contributed by atoms with E-state index >= 15 is 0 Å². The van der Waals surface area contributed by atoms with Gasteiger partial charge in [-0.05, 0) is 52.9 Å². The Balaban J connectivity index is 1.45. The summed E-state index contributed by atoms with van der Waals surface area (Å²) in [4.78, 5) is 16.7. The van der Waals surface area contributed by atoms with Crippen LogP contribution in [0.1, 0.15) is 42.0 Å². The molecule has 1 aliphatic heterocycles. The molecule has 0 spiro atoms. The van der Waals surface area contributed by atoms with Gasteiger partial charge in [-0.25, -0.2) is 9.79 Å². The van der Waals surface area contributed by atoms with Gasteiger partial charge in [0.1, 0.15) is 5.75 Å². The zero-order valence-corrected chi connectivity index (χ0v) is 17.7. The van der Waals surface area contributed by atoms with Gasteiger partial charge in [-0.3, -0.25) is 0 Å². The molecule has 1 aliphatic rings. The van der Waals surface area contributed by atoms with Crippen molar-refractivity contribution in [3.8, 4) is 5.75 Å². The first-order valence-electron chi connectivity index (χ1n) is 10.5. The summed E-state index contributed by atoms with van der Waals surface area (Å²) >= 11 is 0. The lowest BCUT2D eigenvalue weighted by atomic mass is 10.0. The highest BCUT2D eigenvalue weighted by Gasteiger charge is 2.24. The van der Waals surface area contributed by atoms with Crippen molar-refractivity contribution in [2.75, 3.05) is 6.61 Å². The first-order chi connectivity index (χ1) is 15.1. The minimum Gasteiger partial charge on any atom is -0.493 e. The Morgan fingerprint density at radius 2 is 1.74 bits per heavy atom. The highest BCUT2D eigenvalue weighted by molar-refractivity contribution is 6.12. The van der Waals surface area contributed by atoms with E-state index in [1.54, 1.807) is 6.08 Å². The summed E-state index contributed by atoms with van der Waals surface area (Å²) in [6, 6.07) is 25.8. The normalized spacial score (nSPS) is 14.6. The summed E-state index contributed by atoms with van der Waals surface area (Å²) in [6.45, 7) is 4.87. The summed E-state index contributed by atoms with van der Waals surface area (Å²) in [7, 11) is 0. The number of ether oxygens (including phenoxy) is 2. The number of aliphatic imine (C=N–C) groups is 1. The topological polar surface area (TPSA) is 47.9 Å². The van der Waals surface area contributed by atoms with Crippen molar-refractivity contribution in [2.45, 2.75) is 26.2 Å².